The minimum absolute atomic E-state index is 0.0454. The third-order valence-corrected chi connectivity index (χ3v) is 2.00. The highest BCUT2D eigenvalue weighted by molar-refractivity contribution is 6.17. The minimum Gasteiger partial charge on any atom is -0.351 e. The Kier molecular flexibility index (Phi) is 5.54. The Morgan fingerprint density at radius 1 is 1.71 bits per heavy atom. The van der Waals surface area contributed by atoms with Crippen LogP contribution in [0.3, 0.4) is 0 Å². The number of rotatable bonds is 6. The molecule has 17 heavy (non-hydrogen) atoms. The second kappa shape index (κ2) is 7.24. The second-order valence-electron chi connectivity index (χ2n) is 2.95. The van der Waals surface area contributed by atoms with Crippen LogP contribution in [0.2, 0.25) is 0 Å². The first-order chi connectivity index (χ1) is 8.27. The highest BCUT2D eigenvalue weighted by atomic mass is 35.5. The van der Waals surface area contributed by atoms with Crippen LogP contribution in [0.1, 0.15) is 6.42 Å². The molecule has 0 aliphatic heterocycles. The van der Waals surface area contributed by atoms with Gasteiger partial charge < -0.3 is 10.6 Å². The zero-order valence-corrected chi connectivity index (χ0v) is 9.66. The zero-order chi connectivity index (χ0) is 12.5. The number of carbonyl (C=O) groups is 1. The van der Waals surface area contributed by atoms with Crippen LogP contribution in [-0.4, -0.2) is 33.5 Å². The molecule has 3 N–H and O–H groups in total. The van der Waals surface area contributed by atoms with Gasteiger partial charge in [0.2, 0.25) is 5.95 Å². The molecule has 0 spiro atoms. The smallest absolute Gasteiger partial charge is 0.263 e. The van der Waals surface area contributed by atoms with Crippen LogP contribution < -0.4 is 10.6 Å². The molecule has 90 valence electrons. The molecule has 1 aromatic rings. The topological polar surface area (TPSA) is 106 Å². The maximum atomic E-state index is 11.5. The summed E-state index contributed by atoms with van der Waals surface area (Å²) in [6, 6.07) is 1.78. The van der Waals surface area contributed by atoms with Gasteiger partial charge in [0.05, 0.1) is 0 Å². The van der Waals surface area contributed by atoms with Crippen molar-refractivity contribution in [3.05, 3.63) is 18.1 Å². The lowest BCUT2D eigenvalue weighted by Gasteiger charge is -2.02. The maximum Gasteiger partial charge on any atom is 0.263 e. The summed E-state index contributed by atoms with van der Waals surface area (Å²) in [6.07, 6.45) is 3.22. The number of hydrogen-bond donors (Lipinski definition) is 3. The van der Waals surface area contributed by atoms with Gasteiger partial charge in [0.25, 0.3) is 5.91 Å². The average molecular weight is 255 g/mol. The molecule has 0 saturated carbocycles. The van der Waals surface area contributed by atoms with Crippen molar-refractivity contribution in [3.8, 4) is 6.07 Å². The van der Waals surface area contributed by atoms with Gasteiger partial charge in [-0.2, -0.15) is 15.3 Å². The number of nitrogens with zero attached hydrogens (tertiary/aromatic N) is 3. The highest BCUT2D eigenvalue weighted by Crippen LogP contribution is 1.97. The second-order valence-corrected chi connectivity index (χ2v) is 3.32. The molecule has 0 fully saturated rings. The Hall–Kier alpha value is -2.07. The van der Waals surface area contributed by atoms with Crippen LogP contribution in [0, 0.1) is 11.3 Å². The summed E-state index contributed by atoms with van der Waals surface area (Å²) >= 11 is 5.46. The molecule has 0 bridgehead atoms. The first-order valence-corrected chi connectivity index (χ1v) is 5.37. The van der Waals surface area contributed by atoms with Gasteiger partial charge in [-0.15, -0.1) is 11.6 Å². The normalized spacial score (nSPS) is 10.7. The van der Waals surface area contributed by atoms with Gasteiger partial charge in [-0.3, -0.25) is 4.79 Å². The molecule has 0 saturated heterocycles. The molecule has 0 aliphatic carbocycles. The van der Waals surface area contributed by atoms with Crippen LogP contribution in [-0.2, 0) is 4.79 Å². The van der Waals surface area contributed by atoms with Gasteiger partial charge in [-0.25, -0.2) is 5.10 Å². The highest BCUT2D eigenvalue weighted by Gasteiger charge is 2.07. The number of carbonyl (C=O) groups excluding carboxylic acids is 1. The first kappa shape index (κ1) is 13.0. The summed E-state index contributed by atoms with van der Waals surface area (Å²) in [6.45, 7) is 0.434. The number of nitriles is 1. The molecule has 8 heteroatoms. The number of nitrogens with one attached hydrogen (secondary N) is 3. The van der Waals surface area contributed by atoms with E-state index in [-0.39, 0.29) is 5.57 Å². The number of H-pyrrole nitrogens is 1. The van der Waals surface area contributed by atoms with E-state index in [4.69, 9.17) is 16.9 Å². The molecule has 1 aromatic heterocycles. The number of aromatic nitrogens is 3. The minimum atomic E-state index is -0.454. The van der Waals surface area contributed by atoms with Gasteiger partial charge in [-0.1, -0.05) is 0 Å². The van der Waals surface area contributed by atoms with Crippen molar-refractivity contribution in [2.24, 2.45) is 0 Å². The Labute approximate surface area is 103 Å². The van der Waals surface area contributed by atoms with Gasteiger partial charge >= 0.3 is 0 Å². The Morgan fingerprint density at radius 3 is 3.12 bits per heavy atom. The molecule has 0 atom stereocenters. The van der Waals surface area contributed by atoms with E-state index in [2.05, 4.69) is 25.8 Å². The quantitative estimate of drug-likeness (QED) is 0.294. The summed E-state index contributed by atoms with van der Waals surface area (Å²) in [4.78, 5) is 15.3. The fourth-order valence-corrected chi connectivity index (χ4v) is 1.06. The molecule has 0 aromatic carbocycles. The average Bonchev–Trinajstić information content (AvgIpc) is 2.83. The van der Waals surface area contributed by atoms with E-state index in [0.717, 1.165) is 0 Å². The summed E-state index contributed by atoms with van der Waals surface area (Å²) in [5, 5.41) is 20.1. The molecule has 1 amide bonds. The van der Waals surface area contributed by atoms with Crippen LogP contribution in [0.15, 0.2) is 18.1 Å². The number of alkyl halides is 1. The molecule has 7 nitrogen and oxygen atoms in total. The van der Waals surface area contributed by atoms with Crippen molar-refractivity contribution in [1.82, 2.24) is 20.5 Å². The lowest BCUT2D eigenvalue weighted by atomic mass is 10.3. The standard InChI is InChI=1S/C9H11ClN6O/c10-2-1-3-12-8(17)7(4-11)5-13-9-14-6-15-16-9/h5-6H,1-3H2,(H,12,17)(H2,13,14,15,16)/b7-5-. The van der Waals surface area contributed by atoms with Crippen molar-refractivity contribution < 1.29 is 4.79 Å². The van der Waals surface area contributed by atoms with E-state index < -0.39 is 5.91 Å². The molecule has 0 unspecified atom stereocenters. The van der Waals surface area contributed by atoms with Crippen molar-refractivity contribution in [3.63, 3.8) is 0 Å². The first-order valence-electron chi connectivity index (χ1n) is 4.84. The summed E-state index contributed by atoms with van der Waals surface area (Å²) in [5.74, 6) is 0.360. The lowest BCUT2D eigenvalue weighted by molar-refractivity contribution is -0.117. The van der Waals surface area contributed by atoms with Crippen molar-refractivity contribution in [2.45, 2.75) is 6.42 Å². The predicted octanol–water partition coefficient (Wildman–Crippen LogP) is 0.369. The monoisotopic (exact) mass is 254 g/mol. The molecule has 1 rings (SSSR count). The number of amides is 1. The fraction of sp³-hybridized carbons (Fsp3) is 0.333. The van der Waals surface area contributed by atoms with E-state index in [0.29, 0.717) is 24.8 Å². The van der Waals surface area contributed by atoms with Crippen molar-refractivity contribution >= 4 is 23.5 Å². The Morgan fingerprint density at radius 2 is 2.53 bits per heavy atom. The van der Waals surface area contributed by atoms with Gasteiger partial charge in [0, 0.05) is 18.6 Å². The molecular weight excluding hydrogens is 244 g/mol. The van der Waals surface area contributed by atoms with E-state index in [1.807, 2.05) is 0 Å². The lowest BCUT2D eigenvalue weighted by Crippen LogP contribution is -2.26. The fourth-order valence-electron chi connectivity index (χ4n) is 0.928. The van der Waals surface area contributed by atoms with E-state index in [1.165, 1.54) is 12.5 Å². The van der Waals surface area contributed by atoms with Crippen molar-refractivity contribution in [2.75, 3.05) is 17.7 Å². The van der Waals surface area contributed by atoms with E-state index >= 15 is 0 Å². The number of halogens is 1. The summed E-state index contributed by atoms with van der Waals surface area (Å²) in [5.41, 5.74) is -0.0454. The SMILES string of the molecule is N#C/C(=C/Nc1ncn[nH]1)C(=O)NCCCCl. The third-order valence-electron chi connectivity index (χ3n) is 1.73. The molecule has 0 radical (unpaired) electrons. The molecule has 1 heterocycles. The summed E-state index contributed by atoms with van der Waals surface area (Å²) < 4.78 is 0. The number of aromatic amines is 1. The Bertz CT molecular complexity index is 421. The number of anilines is 1. The van der Waals surface area contributed by atoms with E-state index in [1.54, 1.807) is 6.07 Å². The van der Waals surface area contributed by atoms with Gasteiger partial charge in [0.15, 0.2) is 0 Å². The number of hydrogen-bond acceptors (Lipinski definition) is 5. The van der Waals surface area contributed by atoms with Gasteiger partial charge in [0.1, 0.15) is 18.0 Å². The summed E-state index contributed by atoms with van der Waals surface area (Å²) in [7, 11) is 0. The van der Waals surface area contributed by atoms with Gasteiger partial charge in [-0.05, 0) is 6.42 Å². The van der Waals surface area contributed by atoms with Crippen LogP contribution in [0.5, 0.6) is 0 Å². The third kappa shape index (κ3) is 4.53. The molecule has 0 aliphatic rings. The predicted molar refractivity (Wildman–Crippen MR) is 62.0 cm³/mol. The van der Waals surface area contributed by atoms with Crippen LogP contribution in [0.25, 0.3) is 0 Å². The Balaban J connectivity index is 2.49. The largest absolute Gasteiger partial charge is 0.351 e. The van der Waals surface area contributed by atoms with Crippen LogP contribution >= 0.6 is 11.6 Å². The zero-order valence-electron chi connectivity index (χ0n) is 8.90. The maximum absolute atomic E-state index is 11.5. The van der Waals surface area contributed by atoms with E-state index in [9.17, 15) is 4.79 Å². The molecular formula is C9H11ClN6O. The van der Waals surface area contributed by atoms with Crippen molar-refractivity contribution in [1.29, 1.82) is 5.26 Å². The van der Waals surface area contributed by atoms with Crippen LogP contribution in [0.4, 0.5) is 5.95 Å².